The summed E-state index contributed by atoms with van der Waals surface area (Å²) in [6.07, 6.45) is 9.71. The third-order valence-electron chi connectivity index (χ3n) is 4.70. The molecule has 1 fully saturated rings. The molecule has 2 heteroatoms. The van der Waals surface area contributed by atoms with E-state index >= 15 is 0 Å². The lowest BCUT2D eigenvalue weighted by Gasteiger charge is -2.23. The minimum absolute atomic E-state index is 0.675. The summed E-state index contributed by atoms with van der Waals surface area (Å²) in [6.45, 7) is 7.78. The molecule has 0 radical (unpaired) electrons. The van der Waals surface area contributed by atoms with Crippen LogP contribution < -0.4 is 5.32 Å². The van der Waals surface area contributed by atoms with Gasteiger partial charge in [0.2, 0.25) is 0 Å². The Morgan fingerprint density at radius 1 is 1.00 bits per heavy atom. The molecule has 0 unspecified atom stereocenters. The quantitative estimate of drug-likeness (QED) is 0.787. The largest absolute Gasteiger partial charge is 0.382 e. The smallest absolute Gasteiger partial charge is 0.0345 e. The van der Waals surface area contributed by atoms with Gasteiger partial charge in [0.15, 0.2) is 0 Å². The molecule has 1 saturated carbocycles. The maximum Gasteiger partial charge on any atom is 0.0345 e. The summed E-state index contributed by atoms with van der Waals surface area (Å²) in [5, 5.41) is 3.78. The van der Waals surface area contributed by atoms with Crippen molar-refractivity contribution in [3.8, 4) is 0 Å². The lowest BCUT2D eigenvalue weighted by atomic mass is 9.96. The van der Waals surface area contributed by atoms with E-state index in [1.165, 1.54) is 56.2 Å². The molecule has 1 aromatic rings. The fourth-order valence-corrected chi connectivity index (χ4v) is 3.30. The van der Waals surface area contributed by atoms with Crippen molar-refractivity contribution >= 4 is 5.69 Å². The van der Waals surface area contributed by atoms with E-state index in [-0.39, 0.29) is 0 Å². The van der Waals surface area contributed by atoms with Gasteiger partial charge in [-0.05, 0) is 43.6 Å². The zero-order chi connectivity index (χ0) is 14.9. The third-order valence-corrected chi connectivity index (χ3v) is 4.70. The first-order valence-corrected chi connectivity index (χ1v) is 8.89. The lowest BCUT2D eigenvalue weighted by molar-refractivity contribution is 0.296. The SMILES string of the molecule is CCN(CC)Cc1cccc(NC2CCCCCCC2)c1. The Kier molecular flexibility index (Phi) is 7.08. The van der Waals surface area contributed by atoms with Crippen molar-refractivity contribution in [1.29, 1.82) is 0 Å². The predicted octanol–water partition coefficient (Wildman–Crippen LogP) is 5.05. The van der Waals surface area contributed by atoms with Crippen molar-refractivity contribution in [2.75, 3.05) is 18.4 Å². The molecule has 118 valence electrons. The normalized spacial score (nSPS) is 17.5. The van der Waals surface area contributed by atoms with E-state index in [4.69, 9.17) is 0 Å². The number of rotatable bonds is 6. The summed E-state index contributed by atoms with van der Waals surface area (Å²) in [7, 11) is 0. The number of hydrogen-bond donors (Lipinski definition) is 1. The van der Waals surface area contributed by atoms with Crippen molar-refractivity contribution in [3.63, 3.8) is 0 Å². The molecule has 0 spiro atoms. The van der Waals surface area contributed by atoms with Crippen LogP contribution in [0.3, 0.4) is 0 Å². The molecular formula is C19H32N2. The molecule has 0 aromatic heterocycles. The van der Waals surface area contributed by atoms with Crippen molar-refractivity contribution in [1.82, 2.24) is 4.90 Å². The second kappa shape index (κ2) is 9.09. The molecule has 0 aliphatic heterocycles. The number of benzene rings is 1. The van der Waals surface area contributed by atoms with Gasteiger partial charge in [-0.25, -0.2) is 0 Å². The lowest BCUT2D eigenvalue weighted by Crippen LogP contribution is -2.23. The number of hydrogen-bond acceptors (Lipinski definition) is 2. The monoisotopic (exact) mass is 288 g/mol. The highest BCUT2D eigenvalue weighted by Gasteiger charge is 2.11. The molecule has 1 N–H and O–H groups in total. The van der Waals surface area contributed by atoms with Gasteiger partial charge in [-0.3, -0.25) is 4.90 Å². The summed E-state index contributed by atoms with van der Waals surface area (Å²) in [5.41, 5.74) is 2.74. The van der Waals surface area contributed by atoms with E-state index in [2.05, 4.69) is 48.3 Å². The molecule has 0 amide bonds. The molecule has 1 aromatic carbocycles. The van der Waals surface area contributed by atoms with Crippen molar-refractivity contribution in [2.24, 2.45) is 0 Å². The summed E-state index contributed by atoms with van der Waals surface area (Å²) in [6, 6.07) is 9.70. The van der Waals surface area contributed by atoms with Crippen LogP contribution in [-0.2, 0) is 6.54 Å². The predicted molar refractivity (Wildman–Crippen MR) is 92.8 cm³/mol. The first kappa shape index (κ1) is 16.4. The van der Waals surface area contributed by atoms with Gasteiger partial charge < -0.3 is 5.32 Å². The highest BCUT2D eigenvalue weighted by Crippen LogP contribution is 2.21. The molecule has 1 aliphatic carbocycles. The number of nitrogens with one attached hydrogen (secondary N) is 1. The fourth-order valence-electron chi connectivity index (χ4n) is 3.30. The standard InChI is InChI=1S/C19H32N2/c1-3-21(4-2)16-17-11-10-14-19(15-17)20-18-12-8-6-5-7-9-13-18/h10-11,14-15,18,20H,3-9,12-13,16H2,1-2H3. The van der Waals surface area contributed by atoms with Gasteiger partial charge in [-0.2, -0.15) is 0 Å². The molecule has 0 heterocycles. The van der Waals surface area contributed by atoms with Crippen LogP contribution in [-0.4, -0.2) is 24.0 Å². The van der Waals surface area contributed by atoms with E-state index in [0.717, 1.165) is 19.6 Å². The van der Waals surface area contributed by atoms with E-state index in [9.17, 15) is 0 Å². The molecule has 0 bridgehead atoms. The summed E-state index contributed by atoms with van der Waals surface area (Å²) < 4.78 is 0. The average Bonchev–Trinajstić information content (AvgIpc) is 2.48. The van der Waals surface area contributed by atoms with Crippen LogP contribution in [0.1, 0.15) is 64.4 Å². The molecule has 2 nitrogen and oxygen atoms in total. The zero-order valence-electron chi connectivity index (χ0n) is 13.9. The zero-order valence-corrected chi connectivity index (χ0v) is 13.9. The highest BCUT2D eigenvalue weighted by atomic mass is 15.1. The molecule has 2 rings (SSSR count). The van der Waals surface area contributed by atoms with Gasteiger partial charge in [0.05, 0.1) is 0 Å². The van der Waals surface area contributed by atoms with Gasteiger partial charge in [-0.15, -0.1) is 0 Å². The molecular weight excluding hydrogens is 256 g/mol. The van der Waals surface area contributed by atoms with Crippen LogP contribution in [0.2, 0.25) is 0 Å². The van der Waals surface area contributed by atoms with Gasteiger partial charge >= 0.3 is 0 Å². The van der Waals surface area contributed by atoms with Crippen molar-refractivity contribution < 1.29 is 0 Å². The van der Waals surface area contributed by atoms with E-state index in [0.29, 0.717) is 6.04 Å². The molecule has 1 aliphatic rings. The fraction of sp³-hybridized carbons (Fsp3) is 0.684. The maximum absolute atomic E-state index is 3.78. The van der Waals surface area contributed by atoms with Crippen LogP contribution >= 0.6 is 0 Å². The first-order valence-electron chi connectivity index (χ1n) is 8.89. The molecule has 0 saturated heterocycles. The number of nitrogens with zero attached hydrogens (tertiary/aromatic N) is 1. The Hall–Kier alpha value is -1.02. The van der Waals surface area contributed by atoms with E-state index < -0.39 is 0 Å². The van der Waals surface area contributed by atoms with Crippen LogP contribution in [0, 0.1) is 0 Å². The number of anilines is 1. The van der Waals surface area contributed by atoms with Crippen LogP contribution in [0.25, 0.3) is 0 Å². The Morgan fingerprint density at radius 3 is 2.33 bits per heavy atom. The van der Waals surface area contributed by atoms with Crippen LogP contribution in [0.4, 0.5) is 5.69 Å². The van der Waals surface area contributed by atoms with Gasteiger partial charge in [0.1, 0.15) is 0 Å². The van der Waals surface area contributed by atoms with E-state index in [1.54, 1.807) is 0 Å². The van der Waals surface area contributed by atoms with Crippen LogP contribution in [0.5, 0.6) is 0 Å². The van der Waals surface area contributed by atoms with Crippen LogP contribution in [0.15, 0.2) is 24.3 Å². The topological polar surface area (TPSA) is 15.3 Å². The second-order valence-electron chi connectivity index (χ2n) is 6.35. The Balaban J connectivity index is 1.93. The minimum atomic E-state index is 0.675. The third kappa shape index (κ3) is 5.70. The van der Waals surface area contributed by atoms with Gasteiger partial charge in [0.25, 0.3) is 0 Å². The Morgan fingerprint density at radius 2 is 1.67 bits per heavy atom. The average molecular weight is 288 g/mol. The summed E-state index contributed by atoms with van der Waals surface area (Å²) in [4.78, 5) is 2.47. The van der Waals surface area contributed by atoms with E-state index in [1.807, 2.05) is 0 Å². The minimum Gasteiger partial charge on any atom is -0.382 e. The second-order valence-corrected chi connectivity index (χ2v) is 6.35. The Labute approximate surface area is 130 Å². The summed E-state index contributed by atoms with van der Waals surface area (Å²) >= 11 is 0. The Bertz CT molecular complexity index is 390. The van der Waals surface area contributed by atoms with Gasteiger partial charge in [0, 0.05) is 18.3 Å². The molecule has 0 atom stereocenters. The first-order chi connectivity index (χ1) is 10.3. The van der Waals surface area contributed by atoms with Crippen molar-refractivity contribution in [2.45, 2.75) is 71.4 Å². The molecule has 21 heavy (non-hydrogen) atoms. The summed E-state index contributed by atoms with van der Waals surface area (Å²) in [5.74, 6) is 0. The van der Waals surface area contributed by atoms with Gasteiger partial charge in [-0.1, -0.05) is 58.1 Å². The maximum atomic E-state index is 3.78. The highest BCUT2D eigenvalue weighted by molar-refractivity contribution is 5.46. The van der Waals surface area contributed by atoms with Crippen molar-refractivity contribution in [3.05, 3.63) is 29.8 Å².